The van der Waals surface area contributed by atoms with Gasteiger partial charge in [-0.1, -0.05) is 18.2 Å². The Morgan fingerprint density at radius 1 is 1.23 bits per heavy atom. The summed E-state index contributed by atoms with van der Waals surface area (Å²) >= 11 is 3.26. The van der Waals surface area contributed by atoms with Crippen molar-refractivity contribution in [3.63, 3.8) is 0 Å². The normalized spacial score (nSPS) is 19.7. The molecule has 0 unspecified atom stereocenters. The standard InChI is InChI=1S/C20H17BrF4N4O/c1-9(12-3-2-4-13(16(12)23)18(24)25)28-19-14-7-29(11-5-10(22)6-11)20(30)15(21)17(14)26-8-27-19/h2-4,7-11,18H,5-6H2,1H3,(H,26,27,28)/t9-,10-,11+/m0/s1. The summed E-state index contributed by atoms with van der Waals surface area (Å²) in [5.74, 6) is -0.674. The minimum atomic E-state index is -2.93. The number of halogens is 5. The van der Waals surface area contributed by atoms with Gasteiger partial charge in [0.2, 0.25) is 0 Å². The third-order valence-electron chi connectivity index (χ3n) is 5.34. The number of rotatable bonds is 5. The van der Waals surface area contributed by atoms with Crippen molar-refractivity contribution in [2.75, 3.05) is 5.32 Å². The highest BCUT2D eigenvalue weighted by molar-refractivity contribution is 9.10. The maximum absolute atomic E-state index is 14.5. The van der Waals surface area contributed by atoms with E-state index in [1.807, 2.05) is 0 Å². The average molecular weight is 485 g/mol. The lowest BCUT2D eigenvalue weighted by atomic mass is 9.90. The fourth-order valence-corrected chi connectivity index (χ4v) is 4.11. The number of aromatic nitrogens is 3. The second-order valence-corrected chi connectivity index (χ2v) is 8.07. The molecule has 1 saturated carbocycles. The lowest BCUT2D eigenvalue weighted by Crippen LogP contribution is -2.35. The number of nitrogens with one attached hydrogen (secondary N) is 1. The summed E-state index contributed by atoms with van der Waals surface area (Å²) in [7, 11) is 0. The molecule has 1 fully saturated rings. The number of pyridine rings is 1. The number of fused-ring (bicyclic) bond motifs is 1. The van der Waals surface area contributed by atoms with Gasteiger partial charge in [-0.3, -0.25) is 4.79 Å². The van der Waals surface area contributed by atoms with Gasteiger partial charge in [0, 0.05) is 17.8 Å². The predicted molar refractivity (Wildman–Crippen MR) is 108 cm³/mol. The Kier molecular flexibility index (Phi) is 5.52. The van der Waals surface area contributed by atoms with Crippen LogP contribution in [0.25, 0.3) is 10.9 Å². The molecule has 1 atom stereocenters. The molecule has 0 aliphatic heterocycles. The Labute approximate surface area is 177 Å². The molecule has 4 rings (SSSR count). The van der Waals surface area contributed by atoms with Crippen LogP contribution in [0.3, 0.4) is 0 Å². The van der Waals surface area contributed by atoms with E-state index in [2.05, 4.69) is 31.2 Å². The smallest absolute Gasteiger partial charge is 0.267 e. The van der Waals surface area contributed by atoms with E-state index < -0.39 is 30.0 Å². The van der Waals surface area contributed by atoms with Gasteiger partial charge in [0.05, 0.1) is 22.5 Å². The first-order chi connectivity index (χ1) is 14.3. The Hall–Kier alpha value is -2.49. The van der Waals surface area contributed by atoms with Crippen molar-refractivity contribution in [2.45, 2.75) is 44.4 Å². The third kappa shape index (κ3) is 3.57. The summed E-state index contributed by atoms with van der Waals surface area (Å²) in [6.45, 7) is 1.62. The molecule has 1 aromatic carbocycles. The van der Waals surface area contributed by atoms with Crippen LogP contribution >= 0.6 is 15.9 Å². The molecule has 158 valence electrons. The Balaban J connectivity index is 1.75. The molecular weight excluding hydrogens is 468 g/mol. The topological polar surface area (TPSA) is 59.8 Å². The third-order valence-corrected chi connectivity index (χ3v) is 6.06. The molecule has 2 aromatic heterocycles. The molecule has 0 radical (unpaired) electrons. The van der Waals surface area contributed by atoms with Crippen molar-refractivity contribution >= 4 is 32.7 Å². The van der Waals surface area contributed by atoms with E-state index in [1.165, 1.54) is 23.0 Å². The second kappa shape index (κ2) is 7.98. The van der Waals surface area contributed by atoms with Crippen LogP contribution < -0.4 is 10.9 Å². The van der Waals surface area contributed by atoms with E-state index in [0.717, 1.165) is 6.07 Å². The summed E-state index contributed by atoms with van der Waals surface area (Å²) in [5.41, 5.74) is -0.589. The second-order valence-electron chi connectivity index (χ2n) is 7.28. The molecule has 0 spiro atoms. The van der Waals surface area contributed by atoms with Crippen LogP contribution in [-0.2, 0) is 0 Å². The van der Waals surface area contributed by atoms with Gasteiger partial charge in [0.25, 0.3) is 12.0 Å². The van der Waals surface area contributed by atoms with Crippen LogP contribution in [0.2, 0.25) is 0 Å². The van der Waals surface area contributed by atoms with Gasteiger partial charge in [-0.25, -0.2) is 27.5 Å². The maximum atomic E-state index is 14.5. The molecule has 3 aromatic rings. The number of nitrogens with zero attached hydrogens (tertiary/aromatic N) is 3. The van der Waals surface area contributed by atoms with E-state index in [1.54, 1.807) is 13.1 Å². The summed E-state index contributed by atoms with van der Waals surface area (Å²) in [5, 5.41) is 3.50. The van der Waals surface area contributed by atoms with Gasteiger partial charge in [-0.15, -0.1) is 0 Å². The lowest BCUT2D eigenvalue weighted by molar-refractivity contribution is 0.134. The van der Waals surface area contributed by atoms with Crippen molar-refractivity contribution in [2.24, 2.45) is 0 Å². The molecule has 1 N–H and O–H groups in total. The lowest BCUT2D eigenvalue weighted by Gasteiger charge is -2.31. The van der Waals surface area contributed by atoms with Gasteiger partial charge < -0.3 is 9.88 Å². The van der Waals surface area contributed by atoms with Crippen LogP contribution in [0.5, 0.6) is 0 Å². The van der Waals surface area contributed by atoms with Crippen LogP contribution in [0.1, 0.15) is 49.4 Å². The van der Waals surface area contributed by atoms with Gasteiger partial charge in [0.1, 0.15) is 28.6 Å². The molecule has 0 saturated heterocycles. The van der Waals surface area contributed by atoms with E-state index in [9.17, 15) is 22.4 Å². The highest BCUT2D eigenvalue weighted by atomic mass is 79.9. The first-order valence-electron chi connectivity index (χ1n) is 9.30. The highest BCUT2D eigenvalue weighted by Crippen LogP contribution is 2.36. The first kappa shape index (κ1) is 20.8. The minimum absolute atomic E-state index is 0.0613. The van der Waals surface area contributed by atoms with Crippen LogP contribution in [0.15, 0.2) is 40.0 Å². The zero-order valence-corrected chi connectivity index (χ0v) is 17.3. The molecule has 1 aliphatic rings. The molecule has 30 heavy (non-hydrogen) atoms. The van der Waals surface area contributed by atoms with Gasteiger partial charge >= 0.3 is 0 Å². The summed E-state index contributed by atoms with van der Waals surface area (Å²) < 4.78 is 55.6. The largest absolute Gasteiger partial charge is 0.363 e. The number of hydrogen-bond acceptors (Lipinski definition) is 4. The number of benzene rings is 1. The molecule has 0 amide bonds. The van der Waals surface area contributed by atoms with Crippen molar-refractivity contribution < 1.29 is 17.6 Å². The zero-order chi connectivity index (χ0) is 21.6. The Morgan fingerprint density at radius 3 is 2.60 bits per heavy atom. The van der Waals surface area contributed by atoms with Gasteiger partial charge in [-0.05, 0) is 35.7 Å². The average Bonchev–Trinajstić information content (AvgIpc) is 2.68. The minimum Gasteiger partial charge on any atom is -0.363 e. The van der Waals surface area contributed by atoms with E-state index >= 15 is 0 Å². The van der Waals surface area contributed by atoms with E-state index in [-0.39, 0.29) is 34.5 Å². The molecule has 0 bridgehead atoms. The number of hydrogen-bond donors (Lipinski definition) is 1. The maximum Gasteiger partial charge on any atom is 0.267 e. The van der Waals surface area contributed by atoms with Crippen molar-refractivity contribution in [3.05, 3.63) is 62.5 Å². The quantitative estimate of drug-likeness (QED) is 0.487. The van der Waals surface area contributed by atoms with Gasteiger partial charge in [-0.2, -0.15) is 0 Å². The number of alkyl halides is 3. The van der Waals surface area contributed by atoms with Crippen molar-refractivity contribution in [1.29, 1.82) is 0 Å². The number of anilines is 1. The Bertz CT molecular complexity index is 1160. The SMILES string of the molecule is C[C@H](Nc1ncnc2c(Br)c(=O)n([C@H]3C[C@@H](F)C3)cc12)c1cccc(C(F)F)c1F. The zero-order valence-electron chi connectivity index (χ0n) is 15.8. The van der Waals surface area contributed by atoms with Crippen LogP contribution in [0, 0.1) is 5.82 Å². The molecule has 2 heterocycles. The summed E-state index contributed by atoms with van der Waals surface area (Å²) in [6.07, 6.45) is -0.568. The predicted octanol–water partition coefficient (Wildman–Crippen LogP) is 5.48. The monoisotopic (exact) mass is 484 g/mol. The van der Waals surface area contributed by atoms with E-state index in [0.29, 0.717) is 16.7 Å². The van der Waals surface area contributed by atoms with Crippen LogP contribution in [0.4, 0.5) is 23.4 Å². The molecular formula is C20H17BrF4N4O. The first-order valence-corrected chi connectivity index (χ1v) is 10.1. The fourth-order valence-electron chi connectivity index (χ4n) is 3.59. The Morgan fingerprint density at radius 2 is 1.93 bits per heavy atom. The highest BCUT2D eigenvalue weighted by Gasteiger charge is 2.32. The summed E-state index contributed by atoms with van der Waals surface area (Å²) in [6, 6.07) is 2.87. The van der Waals surface area contributed by atoms with Crippen molar-refractivity contribution in [1.82, 2.24) is 14.5 Å². The molecule has 10 heteroatoms. The fraction of sp³-hybridized carbons (Fsp3) is 0.350. The summed E-state index contributed by atoms with van der Waals surface area (Å²) in [4.78, 5) is 20.9. The van der Waals surface area contributed by atoms with Crippen LogP contribution in [-0.4, -0.2) is 20.7 Å². The van der Waals surface area contributed by atoms with Crippen molar-refractivity contribution in [3.8, 4) is 0 Å². The van der Waals surface area contributed by atoms with E-state index in [4.69, 9.17) is 0 Å². The molecule has 5 nitrogen and oxygen atoms in total. The molecule has 1 aliphatic carbocycles. The van der Waals surface area contributed by atoms with Gasteiger partial charge in [0.15, 0.2) is 0 Å².